The van der Waals surface area contributed by atoms with E-state index in [1.54, 1.807) is 0 Å². The summed E-state index contributed by atoms with van der Waals surface area (Å²) in [5, 5.41) is 0.778. The molecular weight excluding hydrogens is 260 g/mol. The highest BCUT2D eigenvalue weighted by atomic mass is 35.5. The molecule has 1 unspecified atom stereocenters. The second-order valence-corrected chi connectivity index (χ2v) is 5.11. The number of aryl methyl sites for hydroxylation is 1. The van der Waals surface area contributed by atoms with Crippen LogP contribution in [0.2, 0.25) is 5.02 Å². The Balaban J connectivity index is 2.13. The average molecular weight is 279 g/mol. The molecule has 0 spiro atoms. The van der Waals surface area contributed by atoms with Gasteiger partial charge in [0.2, 0.25) is 0 Å². The van der Waals surface area contributed by atoms with Gasteiger partial charge in [0.1, 0.15) is 11.5 Å². The molecule has 3 nitrogen and oxygen atoms in total. The first-order valence-corrected chi connectivity index (χ1v) is 6.69. The molecule has 0 saturated heterocycles. The first-order valence-electron chi connectivity index (χ1n) is 6.32. The van der Waals surface area contributed by atoms with Crippen molar-refractivity contribution in [3.8, 4) is 0 Å². The lowest BCUT2D eigenvalue weighted by Gasteiger charge is -2.25. The van der Waals surface area contributed by atoms with Crippen LogP contribution in [0.3, 0.4) is 0 Å². The number of hydrogen-bond acceptors (Lipinski definition) is 3. The van der Waals surface area contributed by atoms with Crippen molar-refractivity contribution in [1.82, 2.24) is 4.90 Å². The van der Waals surface area contributed by atoms with Gasteiger partial charge in [0.15, 0.2) is 0 Å². The number of furan rings is 1. The molecule has 19 heavy (non-hydrogen) atoms. The van der Waals surface area contributed by atoms with E-state index in [1.165, 1.54) is 0 Å². The first kappa shape index (κ1) is 14.1. The zero-order chi connectivity index (χ0) is 13.8. The maximum Gasteiger partial charge on any atom is 0.122 e. The number of benzene rings is 1. The third-order valence-corrected chi connectivity index (χ3v) is 3.59. The van der Waals surface area contributed by atoms with E-state index >= 15 is 0 Å². The first-order chi connectivity index (χ1) is 9.11. The Kier molecular flexibility index (Phi) is 4.64. The SMILES string of the molecule is Cc1ccc(C(CN)N(C)Cc2ccccc2Cl)o1. The maximum absolute atomic E-state index is 6.18. The van der Waals surface area contributed by atoms with Crippen LogP contribution in [0.5, 0.6) is 0 Å². The van der Waals surface area contributed by atoms with Crippen molar-refractivity contribution in [2.24, 2.45) is 5.73 Å². The predicted molar refractivity (Wildman–Crippen MR) is 78.2 cm³/mol. The van der Waals surface area contributed by atoms with Gasteiger partial charge in [-0.2, -0.15) is 0 Å². The van der Waals surface area contributed by atoms with E-state index in [9.17, 15) is 0 Å². The zero-order valence-electron chi connectivity index (χ0n) is 11.3. The van der Waals surface area contributed by atoms with Gasteiger partial charge in [-0.1, -0.05) is 29.8 Å². The molecule has 0 amide bonds. The fourth-order valence-electron chi connectivity index (χ4n) is 2.15. The molecule has 0 aliphatic rings. The van der Waals surface area contributed by atoms with Crippen LogP contribution in [-0.4, -0.2) is 18.5 Å². The highest BCUT2D eigenvalue weighted by Gasteiger charge is 2.19. The van der Waals surface area contributed by atoms with E-state index in [0.717, 1.165) is 28.7 Å². The molecule has 0 radical (unpaired) electrons. The number of nitrogens with zero attached hydrogens (tertiary/aromatic N) is 1. The topological polar surface area (TPSA) is 42.4 Å². The molecule has 2 aromatic rings. The van der Waals surface area contributed by atoms with E-state index in [-0.39, 0.29) is 6.04 Å². The summed E-state index contributed by atoms with van der Waals surface area (Å²) in [6.07, 6.45) is 0. The number of nitrogens with two attached hydrogens (primary N) is 1. The molecule has 2 rings (SSSR count). The summed E-state index contributed by atoms with van der Waals surface area (Å²) in [4.78, 5) is 2.15. The molecule has 1 aromatic heterocycles. The van der Waals surface area contributed by atoms with Crippen molar-refractivity contribution in [3.63, 3.8) is 0 Å². The molecule has 102 valence electrons. The minimum absolute atomic E-state index is 0.0602. The molecule has 4 heteroatoms. The molecule has 2 N–H and O–H groups in total. The van der Waals surface area contributed by atoms with Gasteiger partial charge in [-0.25, -0.2) is 0 Å². The summed E-state index contributed by atoms with van der Waals surface area (Å²) in [6.45, 7) is 3.18. The Morgan fingerprint density at radius 3 is 2.58 bits per heavy atom. The van der Waals surface area contributed by atoms with Gasteiger partial charge in [-0.3, -0.25) is 4.90 Å². The Bertz CT molecular complexity index is 538. The molecule has 0 saturated carbocycles. The van der Waals surface area contributed by atoms with Crippen molar-refractivity contribution in [1.29, 1.82) is 0 Å². The zero-order valence-corrected chi connectivity index (χ0v) is 12.0. The summed E-state index contributed by atoms with van der Waals surface area (Å²) in [5.74, 6) is 1.80. The van der Waals surface area contributed by atoms with Crippen molar-refractivity contribution >= 4 is 11.6 Å². The van der Waals surface area contributed by atoms with E-state index in [1.807, 2.05) is 50.4 Å². The van der Waals surface area contributed by atoms with Crippen molar-refractivity contribution < 1.29 is 4.42 Å². The van der Waals surface area contributed by atoms with Crippen LogP contribution >= 0.6 is 11.6 Å². The number of rotatable bonds is 5. The Hall–Kier alpha value is -1.29. The normalized spacial score (nSPS) is 12.9. The minimum atomic E-state index is 0.0602. The number of likely N-dealkylation sites (N-methyl/N-ethyl adjacent to an activating group) is 1. The van der Waals surface area contributed by atoms with Crippen LogP contribution in [0, 0.1) is 6.92 Å². The molecule has 0 fully saturated rings. The molecular formula is C15H19ClN2O. The van der Waals surface area contributed by atoms with Gasteiger partial charge in [-0.15, -0.1) is 0 Å². The predicted octanol–water partition coefficient (Wildman–Crippen LogP) is 3.37. The molecule has 0 aliphatic heterocycles. The third-order valence-electron chi connectivity index (χ3n) is 3.22. The Morgan fingerprint density at radius 1 is 1.26 bits per heavy atom. The van der Waals surface area contributed by atoms with Gasteiger partial charge >= 0.3 is 0 Å². The Labute approximate surface area is 119 Å². The number of halogens is 1. The van der Waals surface area contributed by atoms with E-state index in [2.05, 4.69) is 4.90 Å². The monoisotopic (exact) mass is 278 g/mol. The molecule has 0 bridgehead atoms. The van der Waals surface area contributed by atoms with Crippen molar-refractivity contribution in [3.05, 3.63) is 58.5 Å². The lowest BCUT2D eigenvalue weighted by molar-refractivity contribution is 0.211. The van der Waals surface area contributed by atoms with Crippen molar-refractivity contribution in [2.45, 2.75) is 19.5 Å². The lowest BCUT2D eigenvalue weighted by atomic mass is 10.1. The van der Waals surface area contributed by atoms with Gasteiger partial charge in [0.05, 0.1) is 6.04 Å². The van der Waals surface area contributed by atoms with Crippen LogP contribution in [0.25, 0.3) is 0 Å². The van der Waals surface area contributed by atoms with E-state index < -0.39 is 0 Å². The summed E-state index contributed by atoms with van der Waals surface area (Å²) in [5.41, 5.74) is 6.96. The second-order valence-electron chi connectivity index (χ2n) is 4.71. The molecule has 1 heterocycles. The third kappa shape index (κ3) is 3.38. The molecule has 1 atom stereocenters. The van der Waals surface area contributed by atoms with Gasteiger partial charge in [0, 0.05) is 18.1 Å². The lowest BCUT2D eigenvalue weighted by Crippen LogP contribution is -2.30. The fourth-order valence-corrected chi connectivity index (χ4v) is 2.35. The van der Waals surface area contributed by atoms with Gasteiger partial charge in [-0.05, 0) is 37.7 Å². The maximum atomic E-state index is 6.18. The second kappa shape index (κ2) is 6.24. The summed E-state index contributed by atoms with van der Waals surface area (Å²) in [6, 6.07) is 11.9. The highest BCUT2D eigenvalue weighted by Crippen LogP contribution is 2.24. The van der Waals surface area contributed by atoms with Gasteiger partial charge < -0.3 is 10.2 Å². The average Bonchev–Trinajstić information content (AvgIpc) is 2.80. The standard InChI is InChI=1S/C15H19ClN2O/c1-11-7-8-15(19-11)14(9-17)18(2)10-12-5-3-4-6-13(12)16/h3-8,14H,9-10,17H2,1-2H3. The van der Waals surface area contributed by atoms with E-state index in [4.69, 9.17) is 21.8 Å². The quantitative estimate of drug-likeness (QED) is 0.912. The van der Waals surface area contributed by atoms with Crippen LogP contribution in [0.15, 0.2) is 40.8 Å². The smallest absolute Gasteiger partial charge is 0.122 e. The summed E-state index contributed by atoms with van der Waals surface area (Å²) >= 11 is 6.18. The van der Waals surface area contributed by atoms with Crippen LogP contribution in [0.1, 0.15) is 23.1 Å². The largest absolute Gasteiger partial charge is 0.465 e. The molecule has 1 aromatic carbocycles. The molecule has 0 aliphatic carbocycles. The summed E-state index contributed by atoms with van der Waals surface area (Å²) < 4.78 is 5.67. The van der Waals surface area contributed by atoms with Crippen LogP contribution in [0.4, 0.5) is 0 Å². The fraction of sp³-hybridized carbons (Fsp3) is 0.333. The van der Waals surface area contributed by atoms with Crippen LogP contribution < -0.4 is 5.73 Å². The Morgan fingerprint density at radius 2 is 2.00 bits per heavy atom. The van der Waals surface area contributed by atoms with Gasteiger partial charge in [0.25, 0.3) is 0 Å². The highest BCUT2D eigenvalue weighted by molar-refractivity contribution is 6.31. The van der Waals surface area contributed by atoms with Crippen LogP contribution in [-0.2, 0) is 6.54 Å². The summed E-state index contributed by atoms with van der Waals surface area (Å²) in [7, 11) is 2.03. The van der Waals surface area contributed by atoms with Crippen molar-refractivity contribution in [2.75, 3.05) is 13.6 Å². The minimum Gasteiger partial charge on any atom is -0.465 e. The number of hydrogen-bond donors (Lipinski definition) is 1. The van der Waals surface area contributed by atoms with E-state index in [0.29, 0.717) is 6.54 Å².